The van der Waals surface area contributed by atoms with Gasteiger partial charge in [-0.05, 0) is 73.4 Å². The van der Waals surface area contributed by atoms with E-state index in [1.807, 2.05) is 0 Å². The van der Waals surface area contributed by atoms with Gasteiger partial charge < -0.3 is 20.6 Å². The third-order valence-electron chi connectivity index (χ3n) is 6.98. The van der Waals surface area contributed by atoms with Crippen molar-refractivity contribution in [2.45, 2.75) is 84.5 Å². The maximum atomic E-state index is 13.7. The van der Waals surface area contributed by atoms with Crippen LogP contribution in [0.5, 0.6) is 0 Å². The maximum Gasteiger partial charge on any atom is 0.217 e. The summed E-state index contributed by atoms with van der Waals surface area (Å²) in [6.45, 7) is 12.6. The van der Waals surface area contributed by atoms with Crippen LogP contribution in [0.25, 0.3) is 0 Å². The lowest BCUT2D eigenvalue weighted by Gasteiger charge is -2.46. The van der Waals surface area contributed by atoms with Gasteiger partial charge >= 0.3 is 0 Å². The average molecular weight is 502 g/mol. The summed E-state index contributed by atoms with van der Waals surface area (Å²) in [5.74, 6) is -1.68. The zero-order chi connectivity index (χ0) is 26.8. The molecule has 1 aliphatic heterocycles. The molecule has 0 spiro atoms. The van der Waals surface area contributed by atoms with Gasteiger partial charge in [-0.15, -0.1) is 0 Å². The molecule has 3 unspecified atom stereocenters. The Morgan fingerprint density at radius 3 is 2.36 bits per heavy atom. The van der Waals surface area contributed by atoms with Gasteiger partial charge in [-0.25, -0.2) is 8.78 Å². The Morgan fingerprint density at radius 2 is 1.78 bits per heavy atom. The molecular weight excluding hydrogens is 460 g/mol. The van der Waals surface area contributed by atoms with E-state index in [-0.39, 0.29) is 35.9 Å². The summed E-state index contributed by atoms with van der Waals surface area (Å²) in [5, 5.41) is 17.3. The molecule has 2 aromatic carbocycles. The molecule has 1 amide bonds. The van der Waals surface area contributed by atoms with E-state index in [0.29, 0.717) is 5.56 Å². The molecule has 7 heteroatoms. The van der Waals surface area contributed by atoms with Crippen LogP contribution in [0.1, 0.15) is 70.7 Å². The zero-order valence-electron chi connectivity index (χ0n) is 22.6. The molecule has 0 fully saturated rings. The van der Waals surface area contributed by atoms with Crippen molar-refractivity contribution in [1.82, 2.24) is 10.6 Å². The number of fused-ring (bicyclic) bond motifs is 1. The van der Waals surface area contributed by atoms with Gasteiger partial charge in [0.05, 0.1) is 12.1 Å². The number of amides is 1. The number of halogens is 2. The minimum Gasteiger partial charge on any atom is -0.390 e. The minimum atomic E-state index is -0.954. The molecule has 3 N–H and O–H groups in total. The van der Waals surface area contributed by atoms with E-state index >= 15 is 0 Å². The van der Waals surface area contributed by atoms with E-state index in [1.54, 1.807) is 0 Å². The van der Waals surface area contributed by atoms with Crippen molar-refractivity contribution in [3.63, 3.8) is 0 Å². The minimum absolute atomic E-state index is 0.00496. The number of aliphatic hydroxyl groups is 1. The van der Waals surface area contributed by atoms with E-state index in [1.165, 1.54) is 30.2 Å². The van der Waals surface area contributed by atoms with Crippen LogP contribution in [-0.2, 0) is 17.6 Å². The topological polar surface area (TPSA) is 64.6 Å². The summed E-state index contributed by atoms with van der Waals surface area (Å²) in [7, 11) is 2.11. The van der Waals surface area contributed by atoms with E-state index in [0.717, 1.165) is 24.6 Å². The number of aliphatic hydroxyl groups excluding tert-OH is 1. The standard InChI is InChI=1S/C29H41F2N3O2/c1-18(35)33-24(13-20-10-21(30)14-22(31)11-20)27(36)17-32-25-16-29(5,6)34(7)26-9-8-19(12-23(25)26)15-28(2,3)4/h8-12,14,24-25,27,32,36H,13,15-17H2,1-7H3,(H,33,35). The first-order valence-electron chi connectivity index (χ1n) is 12.6. The second-order valence-electron chi connectivity index (χ2n) is 12.0. The molecule has 0 aromatic heterocycles. The molecule has 0 saturated carbocycles. The van der Waals surface area contributed by atoms with Crippen LogP contribution in [0.3, 0.4) is 0 Å². The highest BCUT2D eigenvalue weighted by Crippen LogP contribution is 2.42. The van der Waals surface area contributed by atoms with E-state index in [2.05, 4.69) is 75.4 Å². The summed E-state index contributed by atoms with van der Waals surface area (Å²) in [4.78, 5) is 14.1. The van der Waals surface area contributed by atoms with Crippen molar-refractivity contribution in [3.05, 3.63) is 64.7 Å². The highest BCUT2D eigenvalue weighted by Gasteiger charge is 2.36. The number of rotatable bonds is 8. The third kappa shape index (κ3) is 7.26. The predicted octanol–water partition coefficient (Wildman–Crippen LogP) is 4.91. The summed E-state index contributed by atoms with van der Waals surface area (Å²) in [6.07, 6.45) is 0.950. The van der Waals surface area contributed by atoms with Gasteiger partial charge in [0.1, 0.15) is 11.6 Å². The average Bonchev–Trinajstić information content (AvgIpc) is 2.72. The number of hydrogen-bond acceptors (Lipinski definition) is 4. The molecule has 0 radical (unpaired) electrons. The summed E-state index contributed by atoms with van der Waals surface area (Å²) >= 11 is 0. The number of carbonyl (C=O) groups is 1. The van der Waals surface area contributed by atoms with Gasteiger partial charge in [0.2, 0.25) is 5.91 Å². The Labute approximate surface area is 214 Å². The SMILES string of the molecule is CC(=O)NC(Cc1cc(F)cc(F)c1)C(O)CNC1CC(C)(C)N(C)c2ccc(CC(C)(C)C)cc21. The lowest BCUT2D eigenvalue weighted by atomic mass is 9.81. The van der Waals surface area contributed by atoms with Crippen LogP contribution in [0.15, 0.2) is 36.4 Å². The molecule has 2 aromatic rings. The number of anilines is 1. The Hall–Kier alpha value is -2.51. The van der Waals surface area contributed by atoms with Crippen molar-refractivity contribution in [1.29, 1.82) is 0 Å². The summed E-state index contributed by atoms with van der Waals surface area (Å²) in [5.41, 5.74) is 4.05. The quantitative estimate of drug-likeness (QED) is 0.481. The van der Waals surface area contributed by atoms with Gasteiger partial charge in [0.25, 0.3) is 0 Å². The number of carbonyl (C=O) groups excluding carboxylic acids is 1. The van der Waals surface area contributed by atoms with Crippen LogP contribution in [0.4, 0.5) is 14.5 Å². The van der Waals surface area contributed by atoms with Gasteiger partial charge in [0, 0.05) is 43.9 Å². The zero-order valence-corrected chi connectivity index (χ0v) is 22.6. The normalized spacial score (nSPS) is 18.9. The third-order valence-corrected chi connectivity index (χ3v) is 6.98. The Morgan fingerprint density at radius 1 is 1.14 bits per heavy atom. The second-order valence-corrected chi connectivity index (χ2v) is 12.0. The lowest BCUT2D eigenvalue weighted by Crippen LogP contribution is -2.52. The molecule has 198 valence electrons. The highest BCUT2D eigenvalue weighted by atomic mass is 19.1. The van der Waals surface area contributed by atoms with Gasteiger partial charge in [0.15, 0.2) is 0 Å². The fourth-order valence-electron chi connectivity index (χ4n) is 5.10. The highest BCUT2D eigenvalue weighted by molar-refractivity contribution is 5.73. The van der Waals surface area contributed by atoms with Crippen molar-refractivity contribution in [3.8, 4) is 0 Å². The number of nitrogens with zero attached hydrogens (tertiary/aromatic N) is 1. The molecule has 3 atom stereocenters. The van der Waals surface area contributed by atoms with Crippen molar-refractivity contribution in [2.75, 3.05) is 18.5 Å². The molecule has 1 heterocycles. The first kappa shape index (κ1) is 28.1. The molecule has 36 heavy (non-hydrogen) atoms. The van der Waals surface area contributed by atoms with Crippen LogP contribution in [-0.4, -0.2) is 42.3 Å². The van der Waals surface area contributed by atoms with Gasteiger partial charge in [-0.2, -0.15) is 0 Å². The first-order chi connectivity index (χ1) is 16.6. The maximum absolute atomic E-state index is 13.7. The number of hydrogen-bond donors (Lipinski definition) is 3. The molecule has 0 saturated heterocycles. The number of benzene rings is 2. The molecular formula is C29H41F2N3O2. The largest absolute Gasteiger partial charge is 0.390 e. The fourth-order valence-corrected chi connectivity index (χ4v) is 5.10. The predicted molar refractivity (Wildman–Crippen MR) is 141 cm³/mol. The van der Waals surface area contributed by atoms with Gasteiger partial charge in [-0.3, -0.25) is 4.79 Å². The lowest BCUT2D eigenvalue weighted by molar-refractivity contribution is -0.120. The van der Waals surface area contributed by atoms with E-state index in [9.17, 15) is 18.7 Å². The van der Waals surface area contributed by atoms with Crippen LogP contribution in [0, 0.1) is 17.0 Å². The molecule has 1 aliphatic rings. The molecule has 0 bridgehead atoms. The smallest absolute Gasteiger partial charge is 0.217 e. The van der Waals surface area contributed by atoms with Gasteiger partial charge in [-0.1, -0.05) is 32.9 Å². The summed E-state index contributed by atoms with van der Waals surface area (Å²) < 4.78 is 27.4. The Bertz CT molecular complexity index is 1060. The fraction of sp³-hybridized carbons (Fsp3) is 0.552. The van der Waals surface area contributed by atoms with Crippen LogP contribution >= 0.6 is 0 Å². The first-order valence-corrected chi connectivity index (χ1v) is 12.6. The Balaban J connectivity index is 1.81. The van der Waals surface area contributed by atoms with Crippen molar-refractivity contribution >= 4 is 11.6 Å². The Kier molecular flexibility index (Phi) is 8.46. The van der Waals surface area contributed by atoms with Crippen molar-refractivity contribution < 1.29 is 18.7 Å². The molecule has 5 nitrogen and oxygen atoms in total. The van der Waals surface area contributed by atoms with E-state index in [4.69, 9.17) is 0 Å². The van der Waals surface area contributed by atoms with Crippen molar-refractivity contribution in [2.24, 2.45) is 5.41 Å². The molecule has 3 rings (SSSR count). The second kappa shape index (κ2) is 10.9. The molecule has 0 aliphatic carbocycles. The van der Waals surface area contributed by atoms with Crippen LogP contribution in [0.2, 0.25) is 0 Å². The van der Waals surface area contributed by atoms with E-state index < -0.39 is 23.8 Å². The number of nitrogens with one attached hydrogen (secondary N) is 2. The van der Waals surface area contributed by atoms with Crippen LogP contribution < -0.4 is 15.5 Å². The summed E-state index contributed by atoms with van der Waals surface area (Å²) in [6, 6.07) is 9.21. The monoisotopic (exact) mass is 501 g/mol.